The molecule has 3 aromatic rings. The Morgan fingerprint density at radius 3 is 2.72 bits per heavy atom. The van der Waals surface area contributed by atoms with Crippen molar-refractivity contribution in [3.63, 3.8) is 0 Å². The fourth-order valence-corrected chi connectivity index (χ4v) is 3.87. The zero-order valence-electron chi connectivity index (χ0n) is 15.6. The van der Waals surface area contributed by atoms with Gasteiger partial charge in [0, 0.05) is 36.3 Å². The number of hydrogen-bond donors (Lipinski definition) is 1. The van der Waals surface area contributed by atoms with Gasteiger partial charge >= 0.3 is 0 Å². The lowest BCUT2D eigenvalue weighted by Crippen LogP contribution is -2.35. The largest absolute Gasteiger partial charge is 0.364 e. The third-order valence-corrected chi connectivity index (χ3v) is 5.17. The molecule has 0 spiro atoms. The summed E-state index contributed by atoms with van der Waals surface area (Å²) in [4.78, 5) is 34.8. The van der Waals surface area contributed by atoms with Crippen molar-refractivity contribution in [2.75, 3.05) is 0 Å². The van der Waals surface area contributed by atoms with Crippen LogP contribution in [-0.4, -0.2) is 26.7 Å². The van der Waals surface area contributed by atoms with Crippen molar-refractivity contribution in [2.45, 2.75) is 25.4 Å². The van der Waals surface area contributed by atoms with Gasteiger partial charge in [-0.3, -0.25) is 19.6 Å². The van der Waals surface area contributed by atoms with Crippen LogP contribution in [0.4, 0.5) is 4.39 Å². The first-order valence-corrected chi connectivity index (χ1v) is 9.28. The highest BCUT2D eigenvalue weighted by molar-refractivity contribution is 5.95. The summed E-state index contributed by atoms with van der Waals surface area (Å²) in [5.74, 6) is -1.30. The molecule has 2 N–H and O–H groups in total. The number of carbonyl (C=O) groups is 2. The minimum Gasteiger partial charge on any atom is -0.364 e. The third-order valence-electron chi connectivity index (χ3n) is 5.17. The Balaban J connectivity index is 1.78. The molecule has 0 aliphatic heterocycles. The minimum absolute atomic E-state index is 0.0816. The quantitative estimate of drug-likeness (QED) is 0.725. The zero-order chi connectivity index (χ0) is 20.4. The Hall–Kier alpha value is -3.61. The first-order valence-electron chi connectivity index (χ1n) is 9.28. The van der Waals surface area contributed by atoms with Gasteiger partial charge in [-0.25, -0.2) is 4.39 Å². The Morgan fingerprint density at radius 2 is 1.97 bits per heavy atom. The summed E-state index contributed by atoms with van der Waals surface area (Å²) in [5.41, 5.74) is 7.87. The molecule has 1 aromatic carbocycles. The Kier molecular flexibility index (Phi) is 5.03. The average Bonchev–Trinajstić information content (AvgIpc) is 3.17. The molecule has 146 valence electrons. The first kappa shape index (κ1) is 18.7. The van der Waals surface area contributed by atoms with Gasteiger partial charge in [-0.05, 0) is 42.7 Å². The molecule has 7 heteroatoms. The van der Waals surface area contributed by atoms with Gasteiger partial charge in [0.05, 0.1) is 11.6 Å². The summed E-state index contributed by atoms with van der Waals surface area (Å²) in [5, 5.41) is 0. The van der Waals surface area contributed by atoms with Crippen LogP contribution in [0, 0.1) is 5.82 Å². The van der Waals surface area contributed by atoms with E-state index in [0.29, 0.717) is 29.5 Å². The predicted octanol–water partition coefficient (Wildman–Crippen LogP) is 3.04. The minimum atomic E-state index is -0.674. The van der Waals surface area contributed by atoms with Gasteiger partial charge in [0.25, 0.3) is 11.8 Å². The van der Waals surface area contributed by atoms with E-state index in [4.69, 9.17) is 5.73 Å². The van der Waals surface area contributed by atoms with Gasteiger partial charge in [0.1, 0.15) is 11.5 Å². The summed E-state index contributed by atoms with van der Waals surface area (Å²) < 4.78 is 14.7. The summed E-state index contributed by atoms with van der Waals surface area (Å²) >= 11 is 0. The molecule has 1 atom stereocenters. The molecule has 1 aliphatic rings. The molecular weight excluding hydrogens is 371 g/mol. The zero-order valence-corrected chi connectivity index (χ0v) is 15.6. The van der Waals surface area contributed by atoms with Gasteiger partial charge in [0.15, 0.2) is 0 Å². The van der Waals surface area contributed by atoms with E-state index >= 15 is 0 Å². The van der Waals surface area contributed by atoms with Gasteiger partial charge in [-0.15, -0.1) is 0 Å². The molecule has 0 unspecified atom stereocenters. The predicted molar refractivity (Wildman–Crippen MR) is 104 cm³/mol. The van der Waals surface area contributed by atoms with E-state index in [2.05, 4.69) is 9.97 Å². The SMILES string of the molecule is NC(=O)c1ncccc1CN(C(=O)c1cccnc1)[C@@H]1CCc2cccc(F)c21. The van der Waals surface area contributed by atoms with Crippen LogP contribution in [0.15, 0.2) is 61.1 Å². The maximum absolute atomic E-state index is 14.7. The number of pyridine rings is 2. The highest BCUT2D eigenvalue weighted by Crippen LogP contribution is 2.39. The van der Waals surface area contributed by atoms with Crippen molar-refractivity contribution in [3.8, 4) is 0 Å². The molecule has 6 nitrogen and oxygen atoms in total. The fraction of sp³-hybridized carbons (Fsp3) is 0.182. The van der Waals surface area contributed by atoms with Gasteiger partial charge < -0.3 is 10.6 Å². The maximum Gasteiger partial charge on any atom is 0.267 e. The number of rotatable bonds is 5. The number of halogens is 1. The second kappa shape index (κ2) is 7.79. The molecule has 0 saturated heterocycles. The number of nitrogens with zero attached hydrogens (tertiary/aromatic N) is 3. The molecule has 0 fully saturated rings. The number of benzene rings is 1. The molecule has 4 rings (SSSR count). The highest BCUT2D eigenvalue weighted by atomic mass is 19.1. The van der Waals surface area contributed by atoms with Gasteiger partial charge in [-0.2, -0.15) is 0 Å². The smallest absolute Gasteiger partial charge is 0.267 e. The molecule has 2 heterocycles. The van der Waals surface area contributed by atoms with E-state index in [1.54, 1.807) is 41.4 Å². The number of aromatic nitrogens is 2. The summed E-state index contributed by atoms with van der Waals surface area (Å²) in [6.45, 7) is 0.0816. The normalized spacial score (nSPS) is 15.0. The second-order valence-electron chi connectivity index (χ2n) is 6.92. The lowest BCUT2D eigenvalue weighted by atomic mass is 10.0. The molecule has 0 saturated carbocycles. The number of carbonyl (C=O) groups excluding carboxylic acids is 2. The molecule has 0 radical (unpaired) electrons. The fourth-order valence-electron chi connectivity index (χ4n) is 3.87. The van der Waals surface area contributed by atoms with E-state index in [9.17, 15) is 14.0 Å². The maximum atomic E-state index is 14.7. The number of hydrogen-bond acceptors (Lipinski definition) is 4. The Bertz CT molecular complexity index is 1070. The topological polar surface area (TPSA) is 89.2 Å². The van der Waals surface area contributed by atoms with Crippen LogP contribution in [0.5, 0.6) is 0 Å². The summed E-state index contributed by atoms with van der Waals surface area (Å²) in [6, 6.07) is 11.2. The van der Waals surface area contributed by atoms with E-state index in [1.165, 1.54) is 18.5 Å². The van der Waals surface area contributed by atoms with Crippen molar-refractivity contribution < 1.29 is 14.0 Å². The van der Waals surface area contributed by atoms with Crippen LogP contribution in [0.1, 0.15) is 50.0 Å². The summed E-state index contributed by atoms with van der Waals surface area (Å²) in [7, 11) is 0. The third kappa shape index (κ3) is 3.59. The Morgan fingerprint density at radius 1 is 1.14 bits per heavy atom. The van der Waals surface area contributed by atoms with Crippen molar-refractivity contribution in [2.24, 2.45) is 5.73 Å². The second-order valence-corrected chi connectivity index (χ2v) is 6.92. The van der Waals surface area contributed by atoms with Gasteiger partial charge in [0.2, 0.25) is 0 Å². The van der Waals surface area contributed by atoms with Crippen LogP contribution in [0.3, 0.4) is 0 Å². The number of fused-ring (bicyclic) bond motifs is 1. The van der Waals surface area contributed by atoms with Crippen molar-refractivity contribution in [3.05, 3.63) is 94.8 Å². The first-order chi connectivity index (χ1) is 14.1. The number of nitrogens with two attached hydrogens (primary N) is 1. The van der Waals surface area contributed by atoms with Crippen molar-refractivity contribution in [1.29, 1.82) is 0 Å². The number of primary amides is 1. The molecule has 2 amide bonds. The molecule has 1 aliphatic carbocycles. The molecular formula is C22H19FN4O2. The highest BCUT2D eigenvalue weighted by Gasteiger charge is 2.34. The molecule has 0 bridgehead atoms. The average molecular weight is 390 g/mol. The van der Waals surface area contributed by atoms with Crippen molar-refractivity contribution >= 4 is 11.8 Å². The number of amides is 2. The Labute approximate surface area is 167 Å². The lowest BCUT2D eigenvalue weighted by Gasteiger charge is -2.30. The van der Waals surface area contributed by atoms with E-state index < -0.39 is 11.9 Å². The van der Waals surface area contributed by atoms with Crippen LogP contribution in [-0.2, 0) is 13.0 Å². The summed E-state index contributed by atoms with van der Waals surface area (Å²) in [6.07, 6.45) is 5.79. The molecule has 2 aromatic heterocycles. The van der Waals surface area contributed by atoms with Gasteiger partial charge in [-0.1, -0.05) is 18.2 Å². The lowest BCUT2D eigenvalue weighted by molar-refractivity contribution is 0.0652. The van der Waals surface area contributed by atoms with E-state index in [-0.39, 0.29) is 24.0 Å². The van der Waals surface area contributed by atoms with E-state index in [1.807, 2.05) is 6.07 Å². The monoisotopic (exact) mass is 390 g/mol. The van der Waals surface area contributed by atoms with Crippen molar-refractivity contribution in [1.82, 2.24) is 14.9 Å². The van der Waals surface area contributed by atoms with Crippen LogP contribution in [0.25, 0.3) is 0 Å². The van der Waals surface area contributed by atoms with Crippen LogP contribution < -0.4 is 5.73 Å². The number of aryl methyl sites for hydroxylation is 1. The van der Waals surface area contributed by atoms with Crippen LogP contribution >= 0.6 is 0 Å². The van der Waals surface area contributed by atoms with E-state index in [0.717, 1.165) is 5.56 Å². The molecule has 29 heavy (non-hydrogen) atoms. The standard InChI is InChI=1S/C22H19FN4O2/c23-17-7-1-4-14-8-9-18(19(14)17)27(22(29)15-5-2-10-25-12-15)13-16-6-3-11-26-20(16)21(24)28/h1-7,10-12,18H,8-9,13H2,(H2,24,28)/t18-/m1/s1. The van der Waals surface area contributed by atoms with Crippen LogP contribution in [0.2, 0.25) is 0 Å².